The zero-order valence-corrected chi connectivity index (χ0v) is 8.52. The molecule has 1 aliphatic carbocycles. The summed E-state index contributed by atoms with van der Waals surface area (Å²) in [5, 5.41) is 8.23. The topological polar surface area (TPSA) is 70.0 Å². The van der Waals surface area contributed by atoms with Gasteiger partial charge in [0.05, 0.1) is 6.07 Å². The fourth-order valence-corrected chi connectivity index (χ4v) is 2.03. The van der Waals surface area contributed by atoms with Crippen LogP contribution in [0.15, 0.2) is 0 Å². The molecular formula is C8H14N2O2S. The van der Waals surface area contributed by atoms with Crippen LogP contribution in [0.3, 0.4) is 0 Å². The van der Waals surface area contributed by atoms with Crippen LogP contribution in [0, 0.1) is 16.7 Å². The predicted octanol–water partition coefficient (Wildman–Crippen LogP) is 0.620. The molecule has 0 aromatic heterocycles. The van der Waals surface area contributed by atoms with Gasteiger partial charge in [0.2, 0.25) is 10.0 Å². The van der Waals surface area contributed by atoms with Crippen molar-refractivity contribution in [2.45, 2.75) is 26.2 Å². The molecule has 0 radical (unpaired) electrons. The smallest absolute Gasteiger partial charge is 0.214 e. The maximum Gasteiger partial charge on any atom is 0.225 e. The van der Waals surface area contributed by atoms with Crippen molar-refractivity contribution in [3.8, 4) is 6.07 Å². The Labute approximate surface area is 79.0 Å². The van der Waals surface area contributed by atoms with Crippen molar-refractivity contribution in [3.63, 3.8) is 0 Å². The van der Waals surface area contributed by atoms with Crippen LogP contribution in [0.2, 0.25) is 0 Å². The maximum atomic E-state index is 11.1. The Hall–Kier alpha value is -0.600. The highest BCUT2D eigenvalue weighted by Gasteiger charge is 2.41. The molecule has 0 aliphatic heterocycles. The van der Waals surface area contributed by atoms with Crippen LogP contribution >= 0.6 is 0 Å². The summed E-state index contributed by atoms with van der Waals surface area (Å²) in [6.07, 6.45) is 3.19. The van der Waals surface area contributed by atoms with E-state index >= 15 is 0 Å². The summed E-state index contributed by atoms with van der Waals surface area (Å²) in [7, 11) is -3.35. The van der Waals surface area contributed by atoms with Crippen molar-refractivity contribution in [1.82, 2.24) is 4.72 Å². The summed E-state index contributed by atoms with van der Waals surface area (Å²) in [6.45, 7) is 2.55. The third-order valence-corrected chi connectivity index (χ3v) is 3.72. The van der Waals surface area contributed by atoms with Crippen LogP contribution in [-0.4, -0.2) is 20.7 Å². The number of nitrogens with one attached hydrogen (secondary N) is 1. The van der Waals surface area contributed by atoms with Crippen molar-refractivity contribution < 1.29 is 8.42 Å². The van der Waals surface area contributed by atoms with Crippen LogP contribution in [0.5, 0.6) is 0 Å². The second-order valence-corrected chi connectivity index (χ2v) is 5.40. The minimum absolute atomic E-state index is 0.197. The van der Waals surface area contributed by atoms with Crippen LogP contribution < -0.4 is 4.72 Å². The number of rotatable bonds is 5. The van der Waals surface area contributed by atoms with Gasteiger partial charge in [0.15, 0.2) is 5.75 Å². The van der Waals surface area contributed by atoms with Gasteiger partial charge in [-0.2, -0.15) is 5.26 Å². The lowest BCUT2D eigenvalue weighted by atomic mass is 10.1. The van der Waals surface area contributed by atoms with E-state index < -0.39 is 15.8 Å². The van der Waals surface area contributed by atoms with Gasteiger partial charge in [0.1, 0.15) is 0 Å². The molecule has 0 atom stereocenters. The summed E-state index contributed by atoms with van der Waals surface area (Å²) in [4.78, 5) is 0. The zero-order valence-electron chi connectivity index (χ0n) is 7.71. The molecule has 0 unspecified atom stereocenters. The van der Waals surface area contributed by atoms with Crippen molar-refractivity contribution >= 4 is 10.0 Å². The first-order valence-electron chi connectivity index (χ1n) is 4.38. The molecule has 1 rings (SSSR count). The van der Waals surface area contributed by atoms with E-state index in [0.717, 1.165) is 19.3 Å². The molecule has 1 fully saturated rings. The average molecular weight is 202 g/mol. The summed E-state index contributed by atoms with van der Waals surface area (Å²) < 4.78 is 24.6. The largest absolute Gasteiger partial charge is 0.225 e. The van der Waals surface area contributed by atoms with E-state index in [0.29, 0.717) is 6.54 Å². The van der Waals surface area contributed by atoms with Crippen LogP contribution in [-0.2, 0) is 10.0 Å². The molecule has 1 aliphatic rings. The van der Waals surface area contributed by atoms with Gasteiger partial charge in [-0.05, 0) is 24.7 Å². The van der Waals surface area contributed by atoms with E-state index in [2.05, 4.69) is 11.6 Å². The monoisotopic (exact) mass is 202 g/mol. The molecule has 0 bridgehead atoms. The van der Waals surface area contributed by atoms with Gasteiger partial charge >= 0.3 is 0 Å². The Kier molecular flexibility index (Phi) is 2.94. The molecule has 5 heteroatoms. The highest BCUT2D eigenvalue weighted by molar-refractivity contribution is 7.89. The van der Waals surface area contributed by atoms with Gasteiger partial charge in [-0.3, -0.25) is 0 Å². The lowest BCUT2D eigenvalue weighted by molar-refractivity contribution is 0.476. The highest BCUT2D eigenvalue weighted by Crippen LogP contribution is 2.47. The van der Waals surface area contributed by atoms with Gasteiger partial charge in [0.25, 0.3) is 0 Å². The molecule has 0 aromatic rings. The third-order valence-electron chi connectivity index (χ3n) is 2.63. The quantitative estimate of drug-likeness (QED) is 0.710. The summed E-state index contributed by atoms with van der Waals surface area (Å²) in [5.74, 6) is -0.438. The highest BCUT2D eigenvalue weighted by atomic mass is 32.2. The van der Waals surface area contributed by atoms with Crippen LogP contribution in [0.4, 0.5) is 0 Å². The van der Waals surface area contributed by atoms with E-state index in [4.69, 9.17) is 5.26 Å². The normalized spacial score (nSPS) is 19.4. The second kappa shape index (κ2) is 3.64. The summed E-state index contributed by atoms with van der Waals surface area (Å²) >= 11 is 0. The van der Waals surface area contributed by atoms with Crippen molar-refractivity contribution in [2.24, 2.45) is 5.41 Å². The van der Waals surface area contributed by atoms with Crippen molar-refractivity contribution in [3.05, 3.63) is 0 Å². The minimum Gasteiger partial charge on any atom is -0.214 e. The van der Waals surface area contributed by atoms with E-state index in [9.17, 15) is 8.42 Å². The first-order valence-corrected chi connectivity index (χ1v) is 6.03. The first kappa shape index (κ1) is 10.5. The Morgan fingerprint density at radius 2 is 2.15 bits per heavy atom. The number of sulfonamides is 1. The summed E-state index contributed by atoms with van der Waals surface area (Å²) in [6, 6.07) is 1.63. The van der Waals surface area contributed by atoms with Gasteiger partial charge in [-0.25, -0.2) is 13.1 Å². The Bertz CT molecular complexity index is 312. The number of nitriles is 1. The Morgan fingerprint density at radius 3 is 2.54 bits per heavy atom. The third kappa shape index (κ3) is 2.98. The van der Waals surface area contributed by atoms with Gasteiger partial charge in [-0.15, -0.1) is 0 Å². The van der Waals surface area contributed by atoms with E-state index in [-0.39, 0.29) is 5.41 Å². The van der Waals surface area contributed by atoms with Crippen molar-refractivity contribution in [2.75, 3.05) is 12.3 Å². The molecule has 0 saturated heterocycles. The van der Waals surface area contributed by atoms with E-state index in [1.807, 2.05) is 0 Å². The van der Waals surface area contributed by atoms with E-state index in [1.54, 1.807) is 6.07 Å². The molecular weight excluding hydrogens is 188 g/mol. The average Bonchev–Trinajstić information content (AvgIpc) is 2.82. The number of hydrogen-bond donors (Lipinski definition) is 1. The van der Waals surface area contributed by atoms with Gasteiger partial charge in [-0.1, -0.05) is 6.92 Å². The standard InChI is InChI=1S/C8H14N2O2S/c1-2-8(3-4-8)7-10-13(11,12)6-5-9/h10H,2-4,6-7H2,1H3. The SMILES string of the molecule is CCC1(CNS(=O)(=O)CC#N)CC1. The minimum atomic E-state index is -3.35. The van der Waals surface area contributed by atoms with Crippen molar-refractivity contribution in [1.29, 1.82) is 5.26 Å². The van der Waals surface area contributed by atoms with Gasteiger partial charge < -0.3 is 0 Å². The molecule has 0 spiro atoms. The van der Waals surface area contributed by atoms with Crippen LogP contribution in [0.1, 0.15) is 26.2 Å². The molecule has 0 aromatic carbocycles. The maximum absolute atomic E-state index is 11.1. The van der Waals surface area contributed by atoms with Crippen LogP contribution in [0.25, 0.3) is 0 Å². The Morgan fingerprint density at radius 1 is 1.54 bits per heavy atom. The zero-order chi connectivity index (χ0) is 9.95. The molecule has 13 heavy (non-hydrogen) atoms. The lowest BCUT2D eigenvalue weighted by Gasteiger charge is -2.12. The van der Waals surface area contributed by atoms with E-state index in [1.165, 1.54) is 0 Å². The fraction of sp³-hybridized carbons (Fsp3) is 0.875. The molecule has 4 nitrogen and oxygen atoms in total. The Balaban J connectivity index is 2.39. The molecule has 74 valence electrons. The summed E-state index contributed by atoms with van der Waals surface area (Å²) in [5.41, 5.74) is 0.197. The molecule has 1 N–H and O–H groups in total. The number of hydrogen-bond acceptors (Lipinski definition) is 3. The molecule has 1 saturated carbocycles. The fourth-order valence-electron chi connectivity index (χ4n) is 1.23. The lowest BCUT2D eigenvalue weighted by Crippen LogP contribution is -2.31. The van der Waals surface area contributed by atoms with Gasteiger partial charge in [0, 0.05) is 6.54 Å². The second-order valence-electron chi connectivity index (χ2n) is 3.59. The predicted molar refractivity (Wildman–Crippen MR) is 49.4 cm³/mol. The first-order chi connectivity index (χ1) is 6.04. The molecule has 0 amide bonds. The number of nitrogens with zero attached hydrogens (tertiary/aromatic N) is 1. The molecule has 0 heterocycles.